The zero-order valence-corrected chi connectivity index (χ0v) is 18.1. The van der Waals surface area contributed by atoms with Crippen LogP contribution in [0.3, 0.4) is 0 Å². The standard InChI is InChI=1S/C22H27FN2O4S/c1-24(16-17-7-12-21(29-2)20(23)15-17)22(26)18-8-10-19(11-9-18)30(27,28)25-13-5-3-4-6-14-25/h7-12,15H,3-6,13-14,16H2,1-2H3. The van der Waals surface area contributed by atoms with Gasteiger partial charge in [-0.1, -0.05) is 18.9 Å². The van der Waals surface area contributed by atoms with Gasteiger partial charge in [-0.2, -0.15) is 4.31 Å². The fourth-order valence-electron chi connectivity index (χ4n) is 3.57. The Balaban J connectivity index is 1.70. The van der Waals surface area contributed by atoms with Crippen LogP contribution in [-0.4, -0.2) is 50.8 Å². The number of nitrogens with zero attached hydrogens (tertiary/aromatic N) is 2. The monoisotopic (exact) mass is 434 g/mol. The Kier molecular flexibility index (Phi) is 7.10. The van der Waals surface area contributed by atoms with Crippen LogP contribution in [0.5, 0.6) is 5.75 Å². The lowest BCUT2D eigenvalue weighted by Gasteiger charge is -2.20. The number of hydrogen-bond acceptors (Lipinski definition) is 4. The lowest BCUT2D eigenvalue weighted by molar-refractivity contribution is 0.0785. The zero-order valence-electron chi connectivity index (χ0n) is 17.3. The van der Waals surface area contributed by atoms with Gasteiger partial charge in [-0.25, -0.2) is 12.8 Å². The number of benzene rings is 2. The van der Waals surface area contributed by atoms with Crippen LogP contribution in [0.1, 0.15) is 41.6 Å². The molecule has 3 rings (SSSR count). The van der Waals surface area contributed by atoms with E-state index in [4.69, 9.17) is 4.74 Å². The molecule has 162 valence electrons. The molecular weight excluding hydrogens is 407 g/mol. The fourth-order valence-corrected chi connectivity index (χ4v) is 5.09. The molecule has 1 aliphatic rings. The minimum absolute atomic E-state index is 0.147. The van der Waals surface area contributed by atoms with Crippen molar-refractivity contribution in [3.05, 3.63) is 59.4 Å². The van der Waals surface area contributed by atoms with Gasteiger partial charge in [0.1, 0.15) is 0 Å². The minimum atomic E-state index is -3.55. The van der Waals surface area contributed by atoms with Crippen LogP contribution in [0.15, 0.2) is 47.4 Å². The van der Waals surface area contributed by atoms with E-state index in [1.807, 2.05) is 0 Å². The molecule has 30 heavy (non-hydrogen) atoms. The molecule has 0 unspecified atom stereocenters. The summed E-state index contributed by atoms with van der Waals surface area (Å²) in [5, 5.41) is 0. The summed E-state index contributed by atoms with van der Waals surface area (Å²) >= 11 is 0. The predicted molar refractivity (Wildman–Crippen MR) is 112 cm³/mol. The first kappa shape index (κ1) is 22.2. The highest BCUT2D eigenvalue weighted by atomic mass is 32.2. The molecule has 1 fully saturated rings. The summed E-state index contributed by atoms with van der Waals surface area (Å²) in [4.78, 5) is 14.4. The summed E-state index contributed by atoms with van der Waals surface area (Å²) in [6, 6.07) is 10.6. The fraction of sp³-hybridized carbons (Fsp3) is 0.409. The lowest BCUT2D eigenvalue weighted by Crippen LogP contribution is -2.32. The van der Waals surface area contributed by atoms with Crippen LogP contribution < -0.4 is 4.74 Å². The van der Waals surface area contributed by atoms with E-state index in [1.165, 1.54) is 52.7 Å². The van der Waals surface area contributed by atoms with E-state index in [2.05, 4.69) is 0 Å². The third kappa shape index (κ3) is 4.99. The summed E-state index contributed by atoms with van der Waals surface area (Å²) in [6.07, 6.45) is 3.83. The van der Waals surface area contributed by atoms with Crippen molar-refractivity contribution in [3.8, 4) is 5.75 Å². The Bertz CT molecular complexity index is 985. The van der Waals surface area contributed by atoms with Crippen molar-refractivity contribution in [2.45, 2.75) is 37.1 Å². The molecule has 1 heterocycles. The van der Waals surface area contributed by atoms with Crippen molar-refractivity contribution >= 4 is 15.9 Å². The van der Waals surface area contributed by atoms with Crippen molar-refractivity contribution in [2.24, 2.45) is 0 Å². The van der Waals surface area contributed by atoms with Gasteiger partial charge in [0.05, 0.1) is 12.0 Å². The molecule has 0 N–H and O–H groups in total. The SMILES string of the molecule is COc1ccc(CN(C)C(=O)c2ccc(S(=O)(=O)N3CCCCCC3)cc2)cc1F. The molecule has 2 aromatic carbocycles. The highest BCUT2D eigenvalue weighted by molar-refractivity contribution is 7.89. The average molecular weight is 435 g/mol. The number of carbonyl (C=O) groups is 1. The van der Waals surface area contributed by atoms with Crippen LogP contribution >= 0.6 is 0 Å². The van der Waals surface area contributed by atoms with Gasteiger partial charge in [-0.05, 0) is 54.8 Å². The van der Waals surface area contributed by atoms with Gasteiger partial charge in [0.15, 0.2) is 11.6 Å². The maximum absolute atomic E-state index is 13.9. The van der Waals surface area contributed by atoms with Crippen LogP contribution in [0.2, 0.25) is 0 Å². The first-order chi connectivity index (χ1) is 14.3. The number of ether oxygens (including phenoxy) is 1. The van der Waals surface area contributed by atoms with Crippen LogP contribution in [-0.2, 0) is 16.6 Å². The maximum atomic E-state index is 13.9. The number of amides is 1. The van der Waals surface area contributed by atoms with Gasteiger partial charge in [0.2, 0.25) is 10.0 Å². The molecular formula is C22H27FN2O4S. The largest absolute Gasteiger partial charge is 0.494 e. The molecule has 1 saturated heterocycles. The van der Waals surface area contributed by atoms with Gasteiger partial charge >= 0.3 is 0 Å². The molecule has 1 amide bonds. The highest BCUT2D eigenvalue weighted by Crippen LogP contribution is 2.22. The van der Waals surface area contributed by atoms with E-state index in [-0.39, 0.29) is 23.1 Å². The maximum Gasteiger partial charge on any atom is 0.253 e. The summed E-state index contributed by atoms with van der Waals surface area (Å²) in [6.45, 7) is 1.28. The first-order valence-electron chi connectivity index (χ1n) is 10.0. The summed E-state index contributed by atoms with van der Waals surface area (Å²) in [7, 11) is -0.542. The van der Waals surface area contributed by atoms with Crippen molar-refractivity contribution < 1.29 is 22.3 Å². The number of methoxy groups -OCH3 is 1. The lowest BCUT2D eigenvalue weighted by atomic mass is 10.1. The van der Waals surface area contributed by atoms with Gasteiger partial charge in [-0.3, -0.25) is 4.79 Å². The van der Waals surface area contributed by atoms with Gasteiger partial charge < -0.3 is 9.64 Å². The molecule has 0 radical (unpaired) electrons. The summed E-state index contributed by atoms with van der Waals surface area (Å²) in [5.74, 6) is -0.613. The van der Waals surface area contributed by atoms with Gasteiger partial charge in [0.25, 0.3) is 5.91 Å². The van der Waals surface area contributed by atoms with Gasteiger partial charge in [-0.15, -0.1) is 0 Å². The highest BCUT2D eigenvalue weighted by Gasteiger charge is 2.25. The number of rotatable bonds is 6. The van der Waals surface area contributed by atoms with E-state index < -0.39 is 15.8 Å². The molecule has 1 aliphatic heterocycles. The predicted octanol–water partition coefficient (Wildman–Crippen LogP) is 3.67. The molecule has 0 saturated carbocycles. The molecule has 0 aromatic heterocycles. The van der Waals surface area contributed by atoms with Crippen LogP contribution in [0, 0.1) is 5.82 Å². The Hall–Kier alpha value is -2.45. The molecule has 8 heteroatoms. The molecule has 0 atom stereocenters. The van der Waals surface area contributed by atoms with E-state index in [9.17, 15) is 17.6 Å². The second-order valence-corrected chi connectivity index (χ2v) is 9.41. The number of halogens is 1. The number of sulfonamides is 1. The van der Waals surface area contributed by atoms with E-state index in [1.54, 1.807) is 13.1 Å². The smallest absolute Gasteiger partial charge is 0.253 e. The molecule has 0 spiro atoms. The van der Waals surface area contributed by atoms with Crippen molar-refractivity contribution in [1.29, 1.82) is 0 Å². The molecule has 2 aromatic rings. The third-order valence-corrected chi connectivity index (χ3v) is 7.20. The van der Waals surface area contributed by atoms with Crippen LogP contribution in [0.4, 0.5) is 4.39 Å². The van der Waals surface area contributed by atoms with Crippen molar-refractivity contribution in [2.75, 3.05) is 27.2 Å². The molecule has 0 bridgehead atoms. The Labute approximate surface area is 177 Å². The normalized spacial score (nSPS) is 15.4. The topological polar surface area (TPSA) is 66.9 Å². The Morgan fingerprint density at radius 1 is 1.07 bits per heavy atom. The average Bonchev–Trinajstić information content (AvgIpc) is 3.03. The first-order valence-corrected chi connectivity index (χ1v) is 11.4. The molecule has 0 aliphatic carbocycles. The third-order valence-electron chi connectivity index (χ3n) is 5.29. The second-order valence-electron chi connectivity index (χ2n) is 7.47. The summed E-state index contributed by atoms with van der Waals surface area (Å²) in [5.41, 5.74) is 1.01. The van der Waals surface area contributed by atoms with E-state index in [0.29, 0.717) is 24.2 Å². The zero-order chi connectivity index (χ0) is 21.7. The number of hydrogen-bond donors (Lipinski definition) is 0. The molecule has 6 nitrogen and oxygen atoms in total. The van der Waals surface area contributed by atoms with Gasteiger partial charge in [0, 0.05) is 32.2 Å². The Morgan fingerprint density at radius 3 is 2.27 bits per heavy atom. The quantitative estimate of drug-likeness (QED) is 0.696. The van der Waals surface area contributed by atoms with E-state index in [0.717, 1.165) is 25.7 Å². The number of carbonyl (C=O) groups excluding carboxylic acids is 1. The second kappa shape index (κ2) is 9.57. The van der Waals surface area contributed by atoms with Crippen molar-refractivity contribution in [1.82, 2.24) is 9.21 Å². The Morgan fingerprint density at radius 2 is 1.70 bits per heavy atom. The van der Waals surface area contributed by atoms with Crippen LogP contribution in [0.25, 0.3) is 0 Å². The van der Waals surface area contributed by atoms with E-state index >= 15 is 0 Å². The minimum Gasteiger partial charge on any atom is -0.494 e. The van der Waals surface area contributed by atoms with Crippen molar-refractivity contribution in [3.63, 3.8) is 0 Å². The summed E-state index contributed by atoms with van der Waals surface area (Å²) < 4.78 is 46.0.